The van der Waals surface area contributed by atoms with Crippen LogP contribution < -0.4 is 20.3 Å². The van der Waals surface area contributed by atoms with Crippen LogP contribution in [-0.4, -0.2) is 23.8 Å². The number of ether oxygens (including phenoxy) is 1. The van der Waals surface area contributed by atoms with E-state index in [0.29, 0.717) is 28.6 Å². The molecule has 3 aromatic rings. The van der Waals surface area contributed by atoms with Crippen molar-refractivity contribution in [2.75, 3.05) is 15.5 Å². The van der Waals surface area contributed by atoms with Crippen molar-refractivity contribution in [3.05, 3.63) is 78.9 Å². The molecule has 31 heavy (non-hydrogen) atoms. The lowest BCUT2D eigenvalue weighted by Crippen LogP contribution is -2.34. The summed E-state index contributed by atoms with van der Waals surface area (Å²) in [4.78, 5) is 37.9. The van der Waals surface area contributed by atoms with Crippen molar-refractivity contribution in [2.45, 2.75) is 19.4 Å². The monoisotopic (exact) mass is 415 g/mol. The molecular formula is C24H21N3O4. The van der Waals surface area contributed by atoms with Crippen molar-refractivity contribution in [1.29, 1.82) is 0 Å². The van der Waals surface area contributed by atoms with Crippen molar-refractivity contribution in [1.82, 2.24) is 0 Å². The van der Waals surface area contributed by atoms with Crippen molar-refractivity contribution in [3.8, 4) is 11.5 Å². The van der Waals surface area contributed by atoms with Gasteiger partial charge in [0.2, 0.25) is 11.8 Å². The molecule has 4 rings (SSSR count). The zero-order chi connectivity index (χ0) is 21.8. The van der Waals surface area contributed by atoms with E-state index in [0.717, 1.165) is 0 Å². The molecular weight excluding hydrogens is 394 g/mol. The third-order valence-corrected chi connectivity index (χ3v) is 4.74. The van der Waals surface area contributed by atoms with Gasteiger partial charge in [-0.2, -0.15) is 0 Å². The van der Waals surface area contributed by atoms with Gasteiger partial charge in [-0.05, 0) is 54.6 Å². The maximum absolute atomic E-state index is 12.9. The number of carbonyl (C=O) groups excluding carboxylic acids is 3. The molecule has 1 atom stereocenters. The minimum atomic E-state index is -0.680. The topological polar surface area (TPSA) is 87.7 Å². The minimum absolute atomic E-state index is 0.0471. The molecule has 156 valence electrons. The summed E-state index contributed by atoms with van der Waals surface area (Å²) in [5, 5.41) is 5.78. The van der Waals surface area contributed by atoms with Gasteiger partial charge < -0.3 is 15.4 Å². The van der Waals surface area contributed by atoms with Crippen LogP contribution in [-0.2, 0) is 14.4 Å². The summed E-state index contributed by atoms with van der Waals surface area (Å²) in [6.45, 7) is 1.42. The van der Waals surface area contributed by atoms with Gasteiger partial charge >= 0.3 is 0 Å². The Morgan fingerprint density at radius 3 is 2.29 bits per heavy atom. The predicted molar refractivity (Wildman–Crippen MR) is 118 cm³/mol. The number of benzene rings is 3. The van der Waals surface area contributed by atoms with E-state index in [9.17, 15) is 14.4 Å². The van der Waals surface area contributed by atoms with E-state index in [2.05, 4.69) is 10.6 Å². The van der Waals surface area contributed by atoms with Gasteiger partial charge in [0.1, 0.15) is 17.5 Å². The maximum atomic E-state index is 12.9. The minimum Gasteiger partial charge on any atom is -0.457 e. The van der Waals surface area contributed by atoms with Gasteiger partial charge in [-0.25, -0.2) is 4.90 Å². The van der Waals surface area contributed by atoms with Crippen LogP contribution in [0.4, 0.5) is 17.1 Å². The van der Waals surface area contributed by atoms with E-state index in [1.54, 1.807) is 48.5 Å². The fraction of sp³-hybridized carbons (Fsp3) is 0.125. The van der Waals surface area contributed by atoms with Crippen LogP contribution in [0.25, 0.3) is 0 Å². The third kappa shape index (κ3) is 4.72. The lowest BCUT2D eigenvalue weighted by Gasteiger charge is -2.17. The molecule has 0 aromatic heterocycles. The van der Waals surface area contributed by atoms with E-state index in [1.165, 1.54) is 11.8 Å². The Labute approximate surface area is 179 Å². The first-order valence-corrected chi connectivity index (χ1v) is 9.83. The normalized spacial score (nSPS) is 15.6. The Kier molecular flexibility index (Phi) is 5.66. The molecule has 0 spiro atoms. The Hall–Kier alpha value is -4.13. The highest BCUT2D eigenvalue weighted by molar-refractivity contribution is 6.23. The molecule has 3 aromatic carbocycles. The summed E-state index contributed by atoms with van der Waals surface area (Å²) in [5.41, 5.74) is 1.75. The van der Waals surface area contributed by atoms with Gasteiger partial charge in [-0.3, -0.25) is 14.4 Å². The highest BCUT2D eigenvalue weighted by atomic mass is 16.5. The maximum Gasteiger partial charge on any atom is 0.256 e. The molecule has 1 aliphatic rings. The number of para-hydroxylation sites is 1. The third-order valence-electron chi connectivity index (χ3n) is 4.74. The number of rotatable bonds is 6. The number of anilines is 3. The molecule has 0 aliphatic carbocycles. The molecule has 7 nitrogen and oxygen atoms in total. The number of hydrogen-bond donors (Lipinski definition) is 2. The smallest absolute Gasteiger partial charge is 0.256 e. The van der Waals surface area contributed by atoms with Crippen LogP contribution in [0.15, 0.2) is 78.9 Å². The average molecular weight is 415 g/mol. The van der Waals surface area contributed by atoms with Crippen molar-refractivity contribution in [3.63, 3.8) is 0 Å². The van der Waals surface area contributed by atoms with Gasteiger partial charge in [0.25, 0.3) is 5.91 Å². The first kappa shape index (κ1) is 20.2. The van der Waals surface area contributed by atoms with E-state index >= 15 is 0 Å². The molecule has 1 aliphatic heterocycles. The largest absolute Gasteiger partial charge is 0.457 e. The first-order valence-electron chi connectivity index (χ1n) is 9.83. The molecule has 0 radical (unpaired) electrons. The summed E-state index contributed by atoms with van der Waals surface area (Å²) < 4.78 is 5.76. The van der Waals surface area contributed by atoms with Crippen LogP contribution in [0.3, 0.4) is 0 Å². The zero-order valence-corrected chi connectivity index (χ0v) is 16.9. The van der Waals surface area contributed by atoms with Gasteiger partial charge in [0.15, 0.2) is 0 Å². The molecule has 0 saturated carbocycles. The fourth-order valence-electron chi connectivity index (χ4n) is 3.40. The second kappa shape index (κ2) is 8.71. The second-order valence-corrected chi connectivity index (χ2v) is 7.14. The SMILES string of the molecule is CC(=O)Nc1cccc(N[C@@H]2CC(=O)N(c3ccc(Oc4ccccc4)cc3)C2=O)c1. The van der Waals surface area contributed by atoms with Gasteiger partial charge in [0.05, 0.1) is 12.1 Å². The zero-order valence-electron chi connectivity index (χ0n) is 16.9. The lowest BCUT2D eigenvalue weighted by atomic mass is 10.2. The highest BCUT2D eigenvalue weighted by Crippen LogP contribution is 2.29. The Bertz CT molecular complexity index is 1110. The number of nitrogens with one attached hydrogen (secondary N) is 2. The number of hydrogen-bond acceptors (Lipinski definition) is 5. The predicted octanol–water partition coefficient (Wildman–Crippen LogP) is 4.18. The summed E-state index contributed by atoms with van der Waals surface area (Å²) in [5.74, 6) is 0.520. The van der Waals surface area contributed by atoms with Gasteiger partial charge in [-0.15, -0.1) is 0 Å². The van der Waals surface area contributed by atoms with Gasteiger partial charge in [0, 0.05) is 18.3 Å². The molecule has 1 fully saturated rings. The molecule has 2 N–H and O–H groups in total. The van der Waals surface area contributed by atoms with Crippen LogP contribution in [0.1, 0.15) is 13.3 Å². The van der Waals surface area contributed by atoms with E-state index < -0.39 is 6.04 Å². The first-order chi connectivity index (χ1) is 15.0. The standard InChI is InChI=1S/C24H21N3O4/c1-16(28)25-17-6-5-7-18(14-17)26-22-15-23(29)27(24(22)30)19-10-12-21(13-11-19)31-20-8-3-2-4-9-20/h2-14,22,26H,15H2,1H3,(H,25,28)/t22-/m1/s1. The summed E-state index contributed by atoms with van der Waals surface area (Å²) >= 11 is 0. The number of amides is 3. The summed E-state index contributed by atoms with van der Waals surface area (Å²) in [6.07, 6.45) is 0.0471. The van der Waals surface area contributed by atoms with Crippen LogP contribution in [0.2, 0.25) is 0 Å². The van der Waals surface area contributed by atoms with Crippen molar-refractivity contribution >= 4 is 34.8 Å². The Morgan fingerprint density at radius 1 is 0.903 bits per heavy atom. The average Bonchev–Trinajstić information content (AvgIpc) is 3.02. The van der Waals surface area contributed by atoms with Gasteiger partial charge in [-0.1, -0.05) is 24.3 Å². The van der Waals surface area contributed by atoms with E-state index in [1.807, 2.05) is 30.3 Å². The molecule has 1 heterocycles. The van der Waals surface area contributed by atoms with Crippen LogP contribution >= 0.6 is 0 Å². The highest BCUT2D eigenvalue weighted by Gasteiger charge is 2.39. The molecule has 7 heteroatoms. The van der Waals surface area contributed by atoms with E-state index in [4.69, 9.17) is 4.74 Å². The van der Waals surface area contributed by atoms with Crippen LogP contribution in [0, 0.1) is 0 Å². The molecule has 0 unspecified atom stereocenters. The fourth-order valence-corrected chi connectivity index (χ4v) is 3.40. The summed E-state index contributed by atoms with van der Waals surface area (Å²) in [7, 11) is 0. The summed E-state index contributed by atoms with van der Waals surface area (Å²) in [6, 6.07) is 22.5. The Balaban J connectivity index is 1.45. The second-order valence-electron chi connectivity index (χ2n) is 7.14. The molecule has 3 amide bonds. The molecule has 0 bridgehead atoms. The Morgan fingerprint density at radius 2 is 1.58 bits per heavy atom. The number of imide groups is 1. The molecule has 1 saturated heterocycles. The van der Waals surface area contributed by atoms with Crippen LogP contribution in [0.5, 0.6) is 11.5 Å². The number of carbonyl (C=O) groups is 3. The quantitative estimate of drug-likeness (QED) is 0.590. The number of nitrogens with zero attached hydrogens (tertiary/aromatic N) is 1. The van der Waals surface area contributed by atoms with Crippen molar-refractivity contribution < 1.29 is 19.1 Å². The lowest BCUT2D eigenvalue weighted by molar-refractivity contribution is -0.121. The van der Waals surface area contributed by atoms with E-state index in [-0.39, 0.29) is 24.1 Å². The van der Waals surface area contributed by atoms with Crippen molar-refractivity contribution in [2.24, 2.45) is 0 Å².